The van der Waals surface area contributed by atoms with E-state index in [0.29, 0.717) is 18.5 Å². The summed E-state index contributed by atoms with van der Waals surface area (Å²) in [6.07, 6.45) is 0. The lowest BCUT2D eigenvalue weighted by atomic mass is 10.3. The SMILES string of the molecule is CCN(CC(=O)NC)c1nnc(C(C)NC)o1. The second-order valence-corrected chi connectivity index (χ2v) is 3.62. The molecule has 0 spiro atoms. The van der Waals surface area contributed by atoms with Gasteiger partial charge in [0.2, 0.25) is 11.8 Å². The molecule has 0 fully saturated rings. The summed E-state index contributed by atoms with van der Waals surface area (Å²) in [4.78, 5) is 13.0. The summed E-state index contributed by atoms with van der Waals surface area (Å²) in [6.45, 7) is 4.69. The van der Waals surface area contributed by atoms with E-state index in [1.807, 2.05) is 20.9 Å². The van der Waals surface area contributed by atoms with Crippen LogP contribution in [0.2, 0.25) is 0 Å². The molecule has 1 heterocycles. The first-order chi connectivity index (χ1) is 8.12. The molecule has 0 aromatic carbocycles. The highest BCUT2D eigenvalue weighted by Gasteiger charge is 2.17. The lowest BCUT2D eigenvalue weighted by Gasteiger charge is -2.16. The minimum absolute atomic E-state index is 0.00467. The Balaban J connectivity index is 2.75. The van der Waals surface area contributed by atoms with Crippen molar-refractivity contribution in [2.75, 3.05) is 32.1 Å². The Morgan fingerprint density at radius 3 is 2.71 bits per heavy atom. The molecule has 17 heavy (non-hydrogen) atoms. The zero-order chi connectivity index (χ0) is 12.8. The molecule has 0 aliphatic heterocycles. The van der Waals surface area contributed by atoms with Gasteiger partial charge in [-0.2, -0.15) is 0 Å². The van der Waals surface area contributed by atoms with Gasteiger partial charge in [0.15, 0.2) is 0 Å². The Morgan fingerprint density at radius 1 is 1.47 bits per heavy atom. The molecule has 7 nitrogen and oxygen atoms in total. The lowest BCUT2D eigenvalue weighted by Crippen LogP contribution is -2.35. The van der Waals surface area contributed by atoms with Crippen LogP contribution < -0.4 is 15.5 Å². The van der Waals surface area contributed by atoms with Crippen LogP contribution in [0.4, 0.5) is 6.01 Å². The molecule has 0 aliphatic carbocycles. The molecule has 1 rings (SSSR count). The fourth-order valence-corrected chi connectivity index (χ4v) is 1.22. The van der Waals surface area contributed by atoms with Gasteiger partial charge in [-0.3, -0.25) is 4.79 Å². The van der Waals surface area contributed by atoms with Gasteiger partial charge >= 0.3 is 6.01 Å². The predicted molar refractivity (Wildman–Crippen MR) is 63.7 cm³/mol. The number of carbonyl (C=O) groups excluding carboxylic acids is 1. The Hall–Kier alpha value is -1.63. The van der Waals surface area contributed by atoms with Crippen LogP contribution in [0.25, 0.3) is 0 Å². The molecule has 2 N–H and O–H groups in total. The normalized spacial score (nSPS) is 12.2. The molecule has 0 aliphatic rings. The summed E-state index contributed by atoms with van der Waals surface area (Å²) in [5.74, 6) is 0.422. The summed E-state index contributed by atoms with van der Waals surface area (Å²) < 4.78 is 5.50. The maximum Gasteiger partial charge on any atom is 0.318 e. The van der Waals surface area contributed by atoms with Crippen molar-refractivity contribution in [3.8, 4) is 0 Å². The number of hydrogen-bond donors (Lipinski definition) is 2. The standard InChI is InChI=1S/C10H19N5O2/c1-5-15(6-8(16)12-4)10-14-13-9(17-10)7(2)11-3/h7,11H,5-6H2,1-4H3,(H,12,16). The van der Waals surface area contributed by atoms with Crippen LogP contribution in [-0.2, 0) is 4.79 Å². The summed E-state index contributed by atoms with van der Waals surface area (Å²) in [6, 6.07) is 0.364. The van der Waals surface area contributed by atoms with Gasteiger partial charge in [-0.1, -0.05) is 5.10 Å². The highest BCUT2D eigenvalue weighted by molar-refractivity contribution is 5.80. The fraction of sp³-hybridized carbons (Fsp3) is 0.700. The van der Waals surface area contributed by atoms with E-state index in [-0.39, 0.29) is 18.5 Å². The number of rotatable bonds is 6. The molecule has 1 aromatic heterocycles. The van der Waals surface area contributed by atoms with E-state index >= 15 is 0 Å². The molecular weight excluding hydrogens is 222 g/mol. The number of likely N-dealkylation sites (N-methyl/N-ethyl adjacent to an activating group) is 2. The number of amides is 1. The molecule has 0 bridgehead atoms. The molecule has 1 unspecified atom stereocenters. The molecule has 1 aromatic rings. The highest BCUT2D eigenvalue weighted by Crippen LogP contribution is 2.16. The van der Waals surface area contributed by atoms with E-state index in [1.54, 1.807) is 11.9 Å². The summed E-state index contributed by atoms with van der Waals surface area (Å²) >= 11 is 0. The van der Waals surface area contributed by atoms with Gasteiger partial charge in [-0.05, 0) is 20.9 Å². The third-order valence-corrected chi connectivity index (χ3v) is 2.50. The van der Waals surface area contributed by atoms with Crippen molar-refractivity contribution in [3.05, 3.63) is 5.89 Å². The minimum Gasteiger partial charge on any atom is -0.406 e. The molecular formula is C10H19N5O2. The first-order valence-electron chi connectivity index (χ1n) is 5.58. The second-order valence-electron chi connectivity index (χ2n) is 3.62. The second kappa shape index (κ2) is 6.19. The third-order valence-electron chi connectivity index (χ3n) is 2.50. The number of carbonyl (C=O) groups is 1. The lowest BCUT2D eigenvalue weighted by molar-refractivity contribution is -0.119. The smallest absolute Gasteiger partial charge is 0.318 e. The van der Waals surface area contributed by atoms with Crippen LogP contribution in [0.1, 0.15) is 25.8 Å². The van der Waals surface area contributed by atoms with Crippen molar-refractivity contribution < 1.29 is 9.21 Å². The van der Waals surface area contributed by atoms with Crippen LogP contribution in [0, 0.1) is 0 Å². The number of anilines is 1. The van der Waals surface area contributed by atoms with Gasteiger partial charge in [0.1, 0.15) is 6.54 Å². The van der Waals surface area contributed by atoms with Crippen LogP contribution in [-0.4, -0.2) is 43.3 Å². The third kappa shape index (κ3) is 3.42. The molecule has 96 valence electrons. The minimum atomic E-state index is -0.0896. The topological polar surface area (TPSA) is 83.3 Å². The van der Waals surface area contributed by atoms with E-state index in [1.165, 1.54) is 0 Å². The largest absolute Gasteiger partial charge is 0.406 e. The van der Waals surface area contributed by atoms with Gasteiger partial charge in [0.05, 0.1) is 6.04 Å². The van der Waals surface area contributed by atoms with Crippen LogP contribution in [0.3, 0.4) is 0 Å². The monoisotopic (exact) mass is 241 g/mol. The van der Waals surface area contributed by atoms with E-state index < -0.39 is 0 Å². The van der Waals surface area contributed by atoms with E-state index in [0.717, 1.165) is 0 Å². The maximum atomic E-state index is 11.3. The van der Waals surface area contributed by atoms with Crippen molar-refractivity contribution in [2.45, 2.75) is 19.9 Å². The quantitative estimate of drug-likeness (QED) is 0.725. The fourth-order valence-electron chi connectivity index (χ4n) is 1.22. The van der Waals surface area contributed by atoms with Gasteiger partial charge in [0.25, 0.3) is 0 Å². The predicted octanol–water partition coefficient (Wildman–Crippen LogP) is -0.0777. The Morgan fingerprint density at radius 2 is 2.18 bits per heavy atom. The average Bonchev–Trinajstić information content (AvgIpc) is 2.83. The summed E-state index contributed by atoms with van der Waals surface area (Å²) in [7, 11) is 3.41. The first kappa shape index (κ1) is 13.4. The van der Waals surface area contributed by atoms with Gasteiger partial charge in [0, 0.05) is 13.6 Å². The number of aromatic nitrogens is 2. The van der Waals surface area contributed by atoms with E-state index in [9.17, 15) is 4.79 Å². The van der Waals surface area contributed by atoms with Crippen molar-refractivity contribution in [1.82, 2.24) is 20.8 Å². The van der Waals surface area contributed by atoms with Gasteiger partial charge in [-0.15, -0.1) is 5.10 Å². The van der Waals surface area contributed by atoms with Crippen molar-refractivity contribution >= 4 is 11.9 Å². The Bertz CT molecular complexity index is 365. The molecule has 0 radical (unpaired) electrons. The highest BCUT2D eigenvalue weighted by atomic mass is 16.4. The average molecular weight is 241 g/mol. The van der Waals surface area contributed by atoms with Crippen LogP contribution in [0.5, 0.6) is 0 Å². The van der Waals surface area contributed by atoms with Crippen LogP contribution in [0.15, 0.2) is 4.42 Å². The van der Waals surface area contributed by atoms with Crippen molar-refractivity contribution in [2.24, 2.45) is 0 Å². The Kier molecular flexibility index (Phi) is 4.89. The van der Waals surface area contributed by atoms with Gasteiger partial charge < -0.3 is 20.0 Å². The summed E-state index contributed by atoms with van der Waals surface area (Å²) in [5, 5.41) is 13.4. The van der Waals surface area contributed by atoms with Crippen LogP contribution >= 0.6 is 0 Å². The first-order valence-corrected chi connectivity index (χ1v) is 5.58. The summed E-state index contributed by atoms with van der Waals surface area (Å²) in [5.41, 5.74) is 0. The number of hydrogen-bond acceptors (Lipinski definition) is 6. The maximum absolute atomic E-state index is 11.3. The molecule has 0 saturated carbocycles. The van der Waals surface area contributed by atoms with Gasteiger partial charge in [-0.25, -0.2) is 0 Å². The number of nitrogens with zero attached hydrogens (tertiary/aromatic N) is 3. The van der Waals surface area contributed by atoms with E-state index in [4.69, 9.17) is 4.42 Å². The zero-order valence-corrected chi connectivity index (χ0v) is 10.6. The Labute approximate surface area is 101 Å². The molecule has 7 heteroatoms. The molecule has 1 atom stereocenters. The van der Waals surface area contributed by atoms with E-state index in [2.05, 4.69) is 20.8 Å². The van der Waals surface area contributed by atoms with Crippen molar-refractivity contribution in [1.29, 1.82) is 0 Å². The molecule has 1 amide bonds. The molecule has 0 saturated heterocycles. The number of nitrogens with one attached hydrogen (secondary N) is 2. The zero-order valence-electron chi connectivity index (χ0n) is 10.6. The van der Waals surface area contributed by atoms with Crippen molar-refractivity contribution in [3.63, 3.8) is 0 Å².